The molecule has 2 aromatic heterocycles. The fraction of sp³-hybridized carbons (Fsp3) is 0.160. The predicted molar refractivity (Wildman–Crippen MR) is 127 cm³/mol. The molecule has 0 spiro atoms. The Morgan fingerprint density at radius 1 is 1.03 bits per heavy atom. The number of nitrogens with one attached hydrogen (secondary N) is 3. The molecule has 5 rings (SSSR count). The summed E-state index contributed by atoms with van der Waals surface area (Å²) in [5.41, 5.74) is 2.85. The number of amides is 4. The van der Waals surface area contributed by atoms with Crippen molar-refractivity contribution in [3.05, 3.63) is 94.3 Å². The van der Waals surface area contributed by atoms with Crippen LogP contribution >= 0.6 is 11.3 Å². The molecule has 4 amide bonds. The third-order valence-corrected chi connectivity index (χ3v) is 6.71. The first-order chi connectivity index (χ1) is 16.1. The lowest BCUT2D eigenvalue weighted by molar-refractivity contribution is -0.132. The first-order valence-electron chi connectivity index (χ1n) is 10.6. The Bertz CT molecular complexity index is 1300. The van der Waals surface area contributed by atoms with Crippen molar-refractivity contribution < 1.29 is 14.4 Å². The second kappa shape index (κ2) is 8.91. The average molecular weight is 459 g/mol. The Hall–Kier alpha value is -3.91. The van der Waals surface area contributed by atoms with Gasteiger partial charge in [0.25, 0.3) is 5.91 Å². The highest BCUT2D eigenvalue weighted by Gasteiger charge is 2.39. The van der Waals surface area contributed by atoms with Crippen molar-refractivity contribution in [1.29, 1.82) is 0 Å². The van der Waals surface area contributed by atoms with Crippen LogP contribution in [0.4, 0.5) is 4.79 Å². The van der Waals surface area contributed by atoms with E-state index in [1.165, 1.54) is 11.3 Å². The second-order valence-corrected chi connectivity index (χ2v) is 8.90. The maximum atomic E-state index is 13.0. The van der Waals surface area contributed by atoms with Gasteiger partial charge in [-0.1, -0.05) is 54.6 Å². The summed E-state index contributed by atoms with van der Waals surface area (Å²) in [4.78, 5) is 43.5. The van der Waals surface area contributed by atoms with E-state index in [2.05, 4.69) is 15.6 Å². The summed E-state index contributed by atoms with van der Waals surface area (Å²) in [6, 6.07) is 19.7. The lowest BCUT2D eigenvalue weighted by Gasteiger charge is -2.20. The molecule has 1 aliphatic rings. The van der Waals surface area contributed by atoms with E-state index in [0.717, 1.165) is 31.8 Å². The molecule has 4 aromatic rings. The minimum Gasteiger partial charge on any atom is -0.361 e. The number of aromatic amines is 1. The standard InChI is InChI=1S/C25H22N4O3S/c30-22(28-23(21-11-6-12-33-21)16-7-2-1-3-8-16)15-29-24(31)20(27-25(29)32)13-17-14-26-19-10-5-4-9-18(17)19/h1-12,14,20,23,26H,13,15H2,(H,27,32)(H,28,30)/t20-,23-/m0/s1. The summed E-state index contributed by atoms with van der Waals surface area (Å²) in [7, 11) is 0. The summed E-state index contributed by atoms with van der Waals surface area (Å²) in [6.07, 6.45) is 2.21. The second-order valence-electron chi connectivity index (χ2n) is 7.92. The number of rotatable bonds is 7. The van der Waals surface area contributed by atoms with Gasteiger partial charge in [-0.25, -0.2) is 4.79 Å². The molecule has 3 heterocycles. The van der Waals surface area contributed by atoms with E-state index < -0.39 is 23.9 Å². The van der Waals surface area contributed by atoms with Crippen molar-refractivity contribution in [2.24, 2.45) is 0 Å². The summed E-state index contributed by atoms with van der Waals surface area (Å²) in [5.74, 6) is -0.790. The van der Waals surface area contributed by atoms with Gasteiger partial charge in [-0.2, -0.15) is 0 Å². The number of hydrogen-bond donors (Lipinski definition) is 3. The maximum Gasteiger partial charge on any atom is 0.325 e. The zero-order chi connectivity index (χ0) is 22.8. The van der Waals surface area contributed by atoms with Gasteiger partial charge in [0.2, 0.25) is 5.91 Å². The zero-order valence-corrected chi connectivity index (χ0v) is 18.5. The number of H-pyrrole nitrogens is 1. The monoisotopic (exact) mass is 458 g/mol. The van der Waals surface area contributed by atoms with Crippen LogP contribution in [0.15, 0.2) is 78.3 Å². The Labute approximate surface area is 194 Å². The van der Waals surface area contributed by atoms with Crippen LogP contribution in [-0.4, -0.2) is 40.3 Å². The average Bonchev–Trinajstić information content (AvgIpc) is 3.56. The summed E-state index contributed by atoms with van der Waals surface area (Å²) in [5, 5.41) is 8.66. The van der Waals surface area contributed by atoms with Crippen LogP contribution in [-0.2, 0) is 16.0 Å². The van der Waals surface area contributed by atoms with E-state index in [0.29, 0.717) is 6.42 Å². The molecule has 0 bridgehead atoms. The highest BCUT2D eigenvalue weighted by Crippen LogP contribution is 2.26. The number of carbonyl (C=O) groups excluding carboxylic acids is 3. The number of nitrogens with zero attached hydrogens (tertiary/aromatic N) is 1. The Kier molecular flexibility index (Phi) is 5.66. The minimum absolute atomic E-state index is 0.330. The van der Waals surface area contributed by atoms with Gasteiger partial charge in [-0.3, -0.25) is 14.5 Å². The van der Waals surface area contributed by atoms with Gasteiger partial charge in [0, 0.05) is 28.4 Å². The highest BCUT2D eigenvalue weighted by molar-refractivity contribution is 7.10. The van der Waals surface area contributed by atoms with Crippen molar-refractivity contribution in [2.75, 3.05) is 6.54 Å². The molecule has 2 atom stereocenters. The van der Waals surface area contributed by atoms with Gasteiger partial charge in [0.05, 0.1) is 6.04 Å². The molecule has 0 saturated carbocycles. The number of imide groups is 1. The van der Waals surface area contributed by atoms with E-state index in [1.54, 1.807) is 0 Å². The van der Waals surface area contributed by atoms with Crippen LogP contribution in [0.25, 0.3) is 10.9 Å². The minimum atomic E-state index is -0.702. The topological polar surface area (TPSA) is 94.3 Å². The number of hydrogen-bond acceptors (Lipinski definition) is 4. The van der Waals surface area contributed by atoms with Crippen LogP contribution in [0.3, 0.4) is 0 Å². The van der Waals surface area contributed by atoms with E-state index in [-0.39, 0.29) is 12.6 Å². The molecule has 166 valence electrons. The normalized spacial score (nSPS) is 16.7. The molecule has 1 fully saturated rings. The molecule has 1 aliphatic heterocycles. The highest BCUT2D eigenvalue weighted by atomic mass is 32.1. The van der Waals surface area contributed by atoms with Crippen molar-refractivity contribution in [3.63, 3.8) is 0 Å². The molecule has 0 radical (unpaired) electrons. The molecular formula is C25H22N4O3S. The number of carbonyl (C=O) groups is 3. The molecule has 0 aliphatic carbocycles. The molecular weight excluding hydrogens is 436 g/mol. The molecule has 33 heavy (non-hydrogen) atoms. The first-order valence-corrected chi connectivity index (χ1v) is 11.5. The van der Waals surface area contributed by atoms with Crippen LogP contribution in [0.5, 0.6) is 0 Å². The quantitative estimate of drug-likeness (QED) is 0.370. The predicted octanol–water partition coefficient (Wildman–Crippen LogP) is 3.60. The van der Waals surface area contributed by atoms with Gasteiger partial charge in [-0.15, -0.1) is 11.3 Å². The molecule has 0 unspecified atom stereocenters. The van der Waals surface area contributed by atoms with Crippen molar-refractivity contribution in [3.8, 4) is 0 Å². The number of thiophene rings is 1. The molecule has 3 N–H and O–H groups in total. The van der Waals surface area contributed by atoms with Crippen molar-refractivity contribution in [2.45, 2.75) is 18.5 Å². The number of para-hydroxylation sites is 1. The van der Waals surface area contributed by atoms with E-state index >= 15 is 0 Å². The lowest BCUT2D eigenvalue weighted by atomic mass is 10.0. The first kappa shape index (κ1) is 21.0. The summed E-state index contributed by atoms with van der Waals surface area (Å²) >= 11 is 1.54. The number of aromatic nitrogens is 1. The fourth-order valence-electron chi connectivity index (χ4n) is 4.16. The summed E-state index contributed by atoms with van der Waals surface area (Å²) < 4.78 is 0. The van der Waals surface area contributed by atoms with E-state index in [9.17, 15) is 14.4 Å². The number of urea groups is 1. The lowest BCUT2D eigenvalue weighted by Crippen LogP contribution is -2.42. The smallest absolute Gasteiger partial charge is 0.325 e. The molecule has 2 aromatic carbocycles. The van der Waals surface area contributed by atoms with Crippen LogP contribution in [0.2, 0.25) is 0 Å². The van der Waals surface area contributed by atoms with Crippen LogP contribution in [0.1, 0.15) is 22.0 Å². The van der Waals surface area contributed by atoms with Gasteiger partial charge in [-0.05, 0) is 28.6 Å². The fourth-order valence-corrected chi connectivity index (χ4v) is 4.96. The molecule has 7 nitrogen and oxygen atoms in total. The van der Waals surface area contributed by atoms with Crippen LogP contribution in [0, 0.1) is 0 Å². The van der Waals surface area contributed by atoms with Gasteiger partial charge in [0.1, 0.15) is 12.6 Å². The largest absolute Gasteiger partial charge is 0.361 e. The van der Waals surface area contributed by atoms with Gasteiger partial charge in [0.15, 0.2) is 0 Å². The summed E-state index contributed by atoms with van der Waals surface area (Å²) in [6.45, 7) is -0.330. The third-order valence-electron chi connectivity index (χ3n) is 5.77. The maximum absolute atomic E-state index is 13.0. The van der Waals surface area contributed by atoms with Crippen molar-refractivity contribution in [1.82, 2.24) is 20.5 Å². The Morgan fingerprint density at radius 3 is 2.61 bits per heavy atom. The number of benzene rings is 2. The number of fused-ring (bicyclic) bond motifs is 1. The van der Waals surface area contributed by atoms with Crippen molar-refractivity contribution >= 4 is 40.1 Å². The third kappa shape index (κ3) is 4.25. The van der Waals surface area contributed by atoms with E-state index in [4.69, 9.17) is 0 Å². The van der Waals surface area contributed by atoms with E-state index in [1.807, 2.05) is 78.3 Å². The Balaban J connectivity index is 1.28. The zero-order valence-electron chi connectivity index (χ0n) is 17.7. The van der Waals surface area contributed by atoms with Crippen LogP contribution < -0.4 is 10.6 Å². The van der Waals surface area contributed by atoms with Gasteiger partial charge >= 0.3 is 6.03 Å². The molecule has 1 saturated heterocycles. The Morgan fingerprint density at radius 2 is 1.82 bits per heavy atom. The SMILES string of the molecule is O=C(CN1C(=O)N[C@@H](Cc2c[nH]c3ccccc23)C1=O)N[C@@H](c1ccccc1)c1cccs1. The molecule has 8 heteroatoms. The van der Waals surface area contributed by atoms with Gasteiger partial charge < -0.3 is 15.6 Å².